The number of piperidine rings is 1. The van der Waals surface area contributed by atoms with Crippen molar-refractivity contribution in [1.29, 1.82) is 0 Å². The summed E-state index contributed by atoms with van der Waals surface area (Å²) in [5.74, 6) is 0.798. The van der Waals surface area contributed by atoms with E-state index in [0.717, 1.165) is 42.8 Å². The summed E-state index contributed by atoms with van der Waals surface area (Å²) >= 11 is 0. The van der Waals surface area contributed by atoms with Crippen molar-refractivity contribution in [2.75, 3.05) is 25.9 Å². The molecular formula is C21H23N7O. The molecule has 0 radical (unpaired) electrons. The quantitative estimate of drug-likeness (QED) is 0.574. The number of aryl methyl sites for hydroxylation is 1. The molecule has 0 aliphatic carbocycles. The lowest BCUT2D eigenvalue weighted by Gasteiger charge is -2.29. The number of likely N-dealkylation sites (tertiary alicyclic amines) is 1. The summed E-state index contributed by atoms with van der Waals surface area (Å²) in [6, 6.07) is 6.05. The standard InChI is InChI=1S/C21H23N7O/c1-13-17(12-28(26-13)15-5-8-27(2)9-6-15)14-10-16(19(22)24-11-14)21-25-20-18(29-21)4-3-7-23-20/h3-4,7,10-12,15H,5-6,8-9H2,1-2H3,(H2,22,24). The number of anilines is 1. The van der Waals surface area contributed by atoms with E-state index in [1.807, 2.05) is 25.1 Å². The summed E-state index contributed by atoms with van der Waals surface area (Å²) in [4.78, 5) is 15.4. The molecule has 29 heavy (non-hydrogen) atoms. The summed E-state index contributed by atoms with van der Waals surface area (Å²) in [6.45, 7) is 4.22. The second-order valence-electron chi connectivity index (χ2n) is 7.64. The zero-order chi connectivity index (χ0) is 20.0. The van der Waals surface area contributed by atoms with Crippen molar-refractivity contribution in [3.8, 4) is 22.6 Å². The molecule has 1 fully saturated rings. The first kappa shape index (κ1) is 17.8. The molecule has 148 valence electrons. The number of oxazole rings is 1. The minimum absolute atomic E-state index is 0.376. The highest BCUT2D eigenvalue weighted by Crippen LogP contribution is 2.33. The van der Waals surface area contributed by atoms with E-state index in [1.165, 1.54) is 0 Å². The molecule has 0 spiro atoms. The molecule has 4 aromatic rings. The van der Waals surface area contributed by atoms with Gasteiger partial charge in [-0.3, -0.25) is 4.68 Å². The largest absolute Gasteiger partial charge is 0.434 e. The third-order valence-electron chi connectivity index (χ3n) is 5.60. The number of rotatable bonds is 3. The number of nitrogens with two attached hydrogens (primary N) is 1. The van der Waals surface area contributed by atoms with Crippen LogP contribution in [-0.2, 0) is 0 Å². The van der Waals surface area contributed by atoms with E-state index in [2.05, 4.69) is 37.8 Å². The minimum atomic E-state index is 0.376. The monoisotopic (exact) mass is 389 g/mol. The number of hydrogen-bond acceptors (Lipinski definition) is 7. The molecule has 0 aromatic carbocycles. The maximum atomic E-state index is 6.14. The lowest BCUT2D eigenvalue weighted by molar-refractivity contribution is 0.212. The summed E-state index contributed by atoms with van der Waals surface area (Å²) in [5.41, 5.74) is 10.9. The van der Waals surface area contributed by atoms with Gasteiger partial charge in [0.15, 0.2) is 11.2 Å². The molecule has 5 heterocycles. The predicted molar refractivity (Wildman–Crippen MR) is 111 cm³/mol. The van der Waals surface area contributed by atoms with Crippen molar-refractivity contribution in [1.82, 2.24) is 29.6 Å². The van der Waals surface area contributed by atoms with E-state index >= 15 is 0 Å². The molecule has 2 N–H and O–H groups in total. The van der Waals surface area contributed by atoms with Crippen LogP contribution in [0.3, 0.4) is 0 Å². The Morgan fingerprint density at radius 1 is 1.17 bits per heavy atom. The summed E-state index contributed by atoms with van der Waals surface area (Å²) in [7, 11) is 2.17. The molecule has 0 atom stereocenters. The van der Waals surface area contributed by atoms with Crippen molar-refractivity contribution >= 4 is 17.0 Å². The zero-order valence-corrected chi connectivity index (χ0v) is 16.5. The van der Waals surface area contributed by atoms with Gasteiger partial charge in [-0.2, -0.15) is 10.1 Å². The predicted octanol–water partition coefficient (Wildman–Crippen LogP) is 3.31. The maximum absolute atomic E-state index is 6.14. The number of nitrogens with zero attached hydrogens (tertiary/aromatic N) is 6. The van der Waals surface area contributed by atoms with Gasteiger partial charge in [0.1, 0.15) is 5.82 Å². The van der Waals surface area contributed by atoms with E-state index in [-0.39, 0.29) is 0 Å². The molecule has 0 amide bonds. The molecule has 5 rings (SSSR count). The van der Waals surface area contributed by atoms with Crippen LogP contribution in [0.15, 0.2) is 41.2 Å². The Morgan fingerprint density at radius 3 is 2.79 bits per heavy atom. The molecule has 1 aliphatic heterocycles. The highest BCUT2D eigenvalue weighted by Gasteiger charge is 2.21. The normalized spacial score (nSPS) is 15.9. The van der Waals surface area contributed by atoms with Crippen molar-refractivity contribution < 1.29 is 4.42 Å². The Labute approximate surface area is 168 Å². The number of pyridine rings is 2. The fourth-order valence-electron chi connectivity index (χ4n) is 3.89. The van der Waals surface area contributed by atoms with Crippen LogP contribution in [0.5, 0.6) is 0 Å². The lowest BCUT2D eigenvalue weighted by Crippen LogP contribution is -2.31. The second kappa shape index (κ2) is 6.97. The number of fused-ring (bicyclic) bond motifs is 1. The number of aromatic nitrogens is 5. The molecule has 0 unspecified atom stereocenters. The van der Waals surface area contributed by atoms with Crippen LogP contribution < -0.4 is 5.73 Å². The highest BCUT2D eigenvalue weighted by molar-refractivity contribution is 5.79. The molecule has 8 heteroatoms. The highest BCUT2D eigenvalue weighted by atomic mass is 16.3. The average Bonchev–Trinajstić information content (AvgIpc) is 3.32. The topological polar surface area (TPSA) is 98.9 Å². The summed E-state index contributed by atoms with van der Waals surface area (Å²) in [5, 5.41) is 4.79. The Kier molecular flexibility index (Phi) is 4.28. The maximum Gasteiger partial charge on any atom is 0.232 e. The van der Waals surface area contributed by atoms with Gasteiger partial charge in [-0.1, -0.05) is 0 Å². The van der Waals surface area contributed by atoms with Gasteiger partial charge in [0, 0.05) is 29.7 Å². The third kappa shape index (κ3) is 3.25. The molecule has 8 nitrogen and oxygen atoms in total. The minimum Gasteiger partial charge on any atom is -0.434 e. The fraction of sp³-hybridized carbons (Fsp3) is 0.333. The zero-order valence-electron chi connectivity index (χ0n) is 16.5. The van der Waals surface area contributed by atoms with Gasteiger partial charge in [0.05, 0.1) is 17.3 Å². The first-order chi connectivity index (χ1) is 14.1. The van der Waals surface area contributed by atoms with Crippen molar-refractivity contribution in [2.24, 2.45) is 0 Å². The van der Waals surface area contributed by atoms with Crippen LogP contribution in [0.2, 0.25) is 0 Å². The van der Waals surface area contributed by atoms with Crippen LogP contribution in [0.4, 0.5) is 5.82 Å². The smallest absolute Gasteiger partial charge is 0.232 e. The Bertz CT molecular complexity index is 1140. The van der Waals surface area contributed by atoms with Gasteiger partial charge < -0.3 is 15.1 Å². The van der Waals surface area contributed by atoms with Crippen LogP contribution in [0.1, 0.15) is 24.6 Å². The van der Waals surface area contributed by atoms with Crippen LogP contribution in [0.25, 0.3) is 33.8 Å². The molecular weight excluding hydrogens is 366 g/mol. The van der Waals surface area contributed by atoms with Crippen LogP contribution in [-0.4, -0.2) is 49.8 Å². The van der Waals surface area contributed by atoms with Crippen molar-refractivity contribution in [3.63, 3.8) is 0 Å². The lowest BCUT2D eigenvalue weighted by atomic mass is 10.1. The fourth-order valence-corrected chi connectivity index (χ4v) is 3.89. The van der Waals surface area contributed by atoms with Crippen molar-refractivity contribution in [2.45, 2.75) is 25.8 Å². The van der Waals surface area contributed by atoms with Gasteiger partial charge >= 0.3 is 0 Å². The number of nitrogen functional groups attached to an aromatic ring is 1. The number of hydrogen-bond donors (Lipinski definition) is 1. The third-order valence-corrected chi connectivity index (χ3v) is 5.60. The Hall–Kier alpha value is -3.26. The molecule has 0 saturated carbocycles. The van der Waals surface area contributed by atoms with E-state index in [1.54, 1.807) is 12.4 Å². The molecule has 1 aliphatic rings. The van der Waals surface area contributed by atoms with Gasteiger partial charge in [-0.15, -0.1) is 0 Å². The summed E-state index contributed by atoms with van der Waals surface area (Å²) in [6.07, 6.45) is 7.81. The van der Waals surface area contributed by atoms with E-state index in [4.69, 9.17) is 15.2 Å². The first-order valence-corrected chi connectivity index (χ1v) is 9.80. The second-order valence-corrected chi connectivity index (χ2v) is 7.64. The van der Waals surface area contributed by atoms with Crippen LogP contribution >= 0.6 is 0 Å². The van der Waals surface area contributed by atoms with Gasteiger partial charge in [0.25, 0.3) is 0 Å². The molecule has 1 saturated heterocycles. The SMILES string of the molecule is Cc1nn(C2CCN(C)CC2)cc1-c1cnc(N)c(-c2nc3ncccc3o2)c1. The van der Waals surface area contributed by atoms with E-state index in [9.17, 15) is 0 Å². The van der Waals surface area contributed by atoms with Gasteiger partial charge in [0.2, 0.25) is 5.89 Å². The van der Waals surface area contributed by atoms with E-state index in [0.29, 0.717) is 34.5 Å². The van der Waals surface area contributed by atoms with Gasteiger partial charge in [-0.25, -0.2) is 9.97 Å². The van der Waals surface area contributed by atoms with E-state index < -0.39 is 0 Å². The average molecular weight is 389 g/mol. The van der Waals surface area contributed by atoms with Crippen molar-refractivity contribution in [3.05, 3.63) is 42.5 Å². The molecule has 4 aromatic heterocycles. The van der Waals surface area contributed by atoms with Gasteiger partial charge in [-0.05, 0) is 58.1 Å². The first-order valence-electron chi connectivity index (χ1n) is 9.80. The Balaban J connectivity index is 1.51. The molecule has 0 bridgehead atoms. The Morgan fingerprint density at radius 2 is 2.00 bits per heavy atom. The van der Waals surface area contributed by atoms with Crippen LogP contribution in [0, 0.1) is 6.92 Å². The summed E-state index contributed by atoms with van der Waals surface area (Å²) < 4.78 is 7.96.